The number of aromatic nitrogens is 1. The fraction of sp³-hybridized carbons (Fsp3) is 0.600. The fourth-order valence-electron chi connectivity index (χ4n) is 1.18. The van der Waals surface area contributed by atoms with Gasteiger partial charge in [-0.05, 0) is 12.8 Å². The van der Waals surface area contributed by atoms with E-state index in [0.717, 1.165) is 11.3 Å². The number of amides is 1. The van der Waals surface area contributed by atoms with Gasteiger partial charge in [0.1, 0.15) is 0 Å². The first-order valence-corrected chi connectivity index (χ1v) is 8.48. The van der Waals surface area contributed by atoms with Gasteiger partial charge in [-0.15, -0.1) is 0 Å². The molecular formula is C10H15ClN2O3S2. The molecule has 102 valence electrons. The Kier molecular flexibility index (Phi) is 4.74. The number of carbonyl (C=O) groups is 1. The van der Waals surface area contributed by atoms with Crippen LogP contribution in [0.1, 0.15) is 26.5 Å². The number of nitrogens with zero attached hydrogens (tertiary/aromatic N) is 1. The van der Waals surface area contributed by atoms with Crippen LogP contribution in [0, 0.1) is 18.8 Å². The van der Waals surface area contributed by atoms with E-state index in [9.17, 15) is 13.2 Å². The van der Waals surface area contributed by atoms with Crippen molar-refractivity contribution < 1.29 is 13.2 Å². The fourth-order valence-corrected chi connectivity index (χ4v) is 3.54. The molecule has 0 saturated carbocycles. The van der Waals surface area contributed by atoms with E-state index in [0.29, 0.717) is 5.69 Å². The molecule has 0 bridgehead atoms. The normalized spacial score (nSPS) is 13.7. The Morgan fingerprint density at radius 3 is 2.33 bits per heavy atom. The Hall–Kier alpha value is -0.660. The van der Waals surface area contributed by atoms with Crippen LogP contribution >= 0.6 is 22.0 Å². The highest BCUT2D eigenvalue weighted by molar-refractivity contribution is 8.15. The lowest BCUT2D eigenvalue weighted by Crippen LogP contribution is -2.24. The van der Waals surface area contributed by atoms with Crippen molar-refractivity contribution in [3.8, 4) is 0 Å². The molecule has 1 aromatic rings. The van der Waals surface area contributed by atoms with Gasteiger partial charge >= 0.3 is 0 Å². The van der Waals surface area contributed by atoms with Crippen LogP contribution < -0.4 is 5.32 Å². The first-order chi connectivity index (χ1) is 8.12. The SMILES string of the molecule is Cc1nc(NC(=O)C(C)C(C)C)sc1S(=O)(=O)Cl. The molecule has 0 aromatic carbocycles. The van der Waals surface area contributed by atoms with E-state index in [-0.39, 0.29) is 27.1 Å². The first kappa shape index (κ1) is 15.4. The topological polar surface area (TPSA) is 76.1 Å². The number of halogens is 1. The van der Waals surface area contributed by atoms with Crippen LogP contribution in [0.3, 0.4) is 0 Å². The van der Waals surface area contributed by atoms with Gasteiger partial charge in [-0.2, -0.15) is 0 Å². The third-order valence-corrected chi connectivity index (χ3v) is 5.87. The Morgan fingerprint density at radius 2 is 1.94 bits per heavy atom. The monoisotopic (exact) mass is 310 g/mol. The predicted molar refractivity (Wildman–Crippen MR) is 72.5 cm³/mol. The second-order valence-corrected chi connectivity index (χ2v) is 8.11. The van der Waals surface area contributed by atoms with Crippen LogP contribution in [0.25, 0.3) is 0 Å². The van der Waals surface area contributed by atoms with Crippen LogP contribution in [0.15, 0.2) is 4.21 Å². The summed E-state index contributed by atoms with van der Waals surface area (Å²) in [4.78, 5) is 15.8. The summed E-state index contributed by atoms with van der Waals surface area (Å²) in [6, 6.07) is 0. The quantitative estimate of drug-likeness (QED) is 0.867. The summed E-state index contributed by atoms with van der Waals surface area (Å²) in [5, 5.41) is 2.86. The molecule has 1 rings (SSSR count). The first-order valence-electron chi connectivity index (χ1n) is 5.36. The van der Waals surface area contributed by atoms with Crippen molar-refractivity contribution >= 4 is 42.1 Å². The summed E-state index contributed by atoms with van der Waals surface area (Å²) in [5.41, 5.74) is 0.294. The van der Waals surface area contributed by atoms with Crippen molar-refractivity contribution in [3.63, 3.8) is 0 Å². The lowest BCUT2D eigenvalue weighted by atomic mass is 9.97. The highest BCUT2D eigenvalue weighted by Gasteiger charge is 2.22. The number of nitrogens with one attached hydrogen (secondary N) is 1. The zero-order chi connectivity index (χ0) is 14.1. The molecule has 0 aliphatic heterocycles. The van der Waals surface area contributed by atoms with Crippen molar-refractivity contribution in [3.05, 3.63) is 5.69 Å². The number of hydrogen-bond acceptors (Lipinski definition) is 5. The summed E-state index contributed by atoms with van der Waals surface area (Å²) >= 11 is 0.861. The Bertz CT molecular complexity index is 551. The summed E-state index contributed by atoms with van der Waals surface area (Å²) in [7, 11) is 1.45. The lowest BCUT2D eigenvalue weighted by Gasteiger charge is -2.13. The third-order valence-electron chi connectivity index (χ3n) is 2.62. The zero-order valence-corrected chi connectivity index (χ0v) is 12.9. The van der Waals surface area contributed by atoms with Gasteiger partial charge in [-0.25, -0.2) is 13.4 Å². The van der Waals surface area contributed by atoms with Crippen molar-refractivity contribution in [1.82, 2.24) is 4.98 Å². The molecule has 1 heterocycles. The molecule has 0 aliphatic carbocycles. The van der Waals surface area contributed by atoms with Gasteiger partial charge in [-0.3, -0.25) is 4.79 Å². The molecule has 0 aliphatic rings. The highest BCUT2D eigenvalue weighted by atomic mass is 35.7. The van der Waals surface area contributed by atoms with Crippen LogP contribution in [0.5, 0.6) is 0 Å². The van der Waals surface area contributed by atoms with Gasteiger partial charge in [0.25, 0.3) is 9.05 Å². The van der Waals surface area contributed by atoms with Crippen LogP contribution in [0.4, 0.5) is 5.13 Å². The summed E-state index contributed by atoms with van der Waals surface area (Å²) < 4.78 is 22.4. The van der Waals surface area contributed by atoms with E-state index in [1.165, 1.54) is 6.92 Å². The zero-order valence-electron chi connectivity index (χ0n) is 10.5. The van der Waals surface area contributed by atoms with E-state index < -0.39 is 9.05 Å². The Balaban J connectivity index is 2.92. The van der Waals surface area contributed by atoms with E-state index in [1.54, 1.807) is 6.92 Å². The number of anilines is 1. The maximum atomic E-state index is 11.8. The number of carbonyl (C=O) groups excluding carboxylic acids is 1. The standard InChI is InChI=1S/C10H15ClN2O3S2/c1-5(2)6(3)8(14)13-10-12-7(4)9(17-10)18(11,15)16/h5-6H,1-4H3,(H,12,13,14). The smallest absolute Gasteiger partial charge is 0.272 e. The number of thiazole rings is 1. The van der Waals surface area contributed by atoms with E-state index in [1.807, 2.05) is 13.8 Å². The second-order valence-electron chi connectivity index (χ2n) is 4.35. The molecule has 1 aromatic heterocycles. The van der Waals surface area contributed by atoms with E-state index >= 15 is 0 Å². The van der Waals surface area contributed by atoms with Gasteiger partial charge in [0.2, 0.25) is 5.91 Å². The van der Waals surface area contributed by atoms with Crippen molar-refractivity contribution in [1.29, 1.82) is 0 Å². The van der Waals surface area contributed by atoms with Crippen molar-refractivity contribution in [2.45, 2.75) is 31.9 Å². The summed E-state index contributed by atoms with van der Waals surface area (Å²) in [6.45, 7) is 7.21. The molecule has 0 radical (unpaired) electrons. The molecule has 1 unspecified atom stereocenters. The molecule has 0 saturated heterocycles. The minimum Gasteiger partial charge on any atom is -0.302 e. The Morgan fingerprint density at radius 1 is 1.39 bits per heavy atom. The molecule has 1 atom stereocenters. The van der Waals surface area contributed by atoms with Gasteiger partial charge in [-0.1, -0.05) is 32.1 Å². The molecule has 0 fully saturated rings. The Labute approximate surface area is 115 Å². The minimum atomic E-state index is -3.81. The highest BCUT2D eigenvalue weighted by Crippen LogP contribution is 2.30. The van der Waals surface area contributed by atoms with E-state index in [4.69, 9.17) is 10.7 Å². The average Bonchev–Trinajstić information content (AvgIpc) is 2.57. The molecule has 5 nitrogen and oxygen atoms in total. The molecule has 0 spiro atoms. The van der Waals surface area contributed by atoms with Crippen LogP contribution in [-0.2, 0) is 13.8 Å². The van der Waals surface area contributed by atoms with Gasteiger partial charge in [0, 0.05) is 16.6 Å². The third kappa shape index (κ3) is 3.66. The number of aryl methyl sites for hydroxylation is 1. The van der Waals surface area contributed by atoms with Gasteiger partial charge < -0.3 is 5.32 Å². The minimum absolute atomic E-state index is 0.0309. The molecule has 1 N–H and O–H groups in total. The molecule has 1 amide bonds. The summed E-state index contributed by atoms with van der Waals surface area (Å²) in [5.74, 6) is -0.162. The van der Waals surface area contributed by atoms with Gasteiger partial charge in [0.15, 0.2) is 9.34 Å². The van der Waals surface area contributed by atoms with Crippen molar-refractivity contribution in [2.24, 2.45) is 11.8 Å². The summed E-state index contributed by atoms with van der Waals surface area (Å²) in [6.07, 6.45) is 0. The van der Waals surface area contributed by atoms with Crippen LogP contribution in [-0.4, -0.2) is 19.3 Å². The second kappa shape index (κ2) is 5.54. The molecule has 8 heteroatoms. The average molecular weight is 311 g/mol. The van der Waals surface area contributed by atoms with E-state index in [2.05, 4.69) is 10.3 Å². The predicted octanol–water partition coefficient (Wildman–Crippen LogP) is 2.61. The molecular weight excluding hydrogens is 296 g/mol. The molecule has 18 heavy (non-hydrogen) atoms. The van der Waals surface area contributed by atoms with Gasteiger partial charge in [0.05, 0.1) is 5.69 Å². The van der Waals surface area contributed by atoms with Crippen LogP contribution in [0.2, 0.25) is 0 Å². The maximum Gasteiger partial charge on any atom is 0.272 e. The lowest BCUT2D eigenvalue weighted by molar-refractivity contribution is -0.120. The maximum absolute atomic E-state index is 11.8. The number of hydrogen-bond donors (Lipinski definition) is 1. The van der Waals surface area contributed by atoms with Crippen molar-refractivity contribution in [2.75, 3.05) is 5.32 Å². The number of rotatable bonds is 4. The largest absolute Gasteiger partial charge is 0.302 e.